The van der Waals surface area contributed by atoms with Crippen LogP contribution in [0, 0.1) is 8.80 Å². The van der Waals surface area contributed by atoms with Gasteiger partial charge in [-0.05, 0) is 72.7 Å². The van der Waals surface area contributed by atoms with Crippen molar-refractivity contribution in [2.45, 2.75) is 71.4 Å². The van der Waals surface area contributed by atoms with Crippen LogP contribution in [0.4, 0.5) is 0 Å². The zero-order chi connectivity index (χ0) is 13.8. The minimum Gasteiger partial charge on any atom is -0.307 e. The standard InChI is InChI=1S/C16H26INS/c1-11(2)6-4-7-12(3)18-14-8-5-9-15-13(14)10-16(17)19-15/h10-12,14,18H,4-9H2,1-3H3. The summed E-state index contributed by atoms with van der Waals surface area (Å²) in [6.07, 6.45) is 7.98. The molecule has 1 aliphatic carbocycles. The molecule has 0 spiro atoms. The van der Waals surface area contributed by atoms with Gasteiger partial charge in [0.1, 0.15) is 0 Å². The Labute approximate surface area is 135 Å². The molecular weight excluding hydrogens is 365 g/mol. The van der Waals surface area contributed by atoms with Gasteiger partial charge in [0.15, 0.2) is 0 Å². The molecule has 1 aromatic rings. The van der Waals surface area contributed by atoms with Gasteiger partial charge in [-0.25, -0.2) is 0 Å². The second kappa shape index (κ2) is 7.41. The molecule has 108 valence electrons. The first kappa shape index (κ1) is 15.8. The zero-order valence-electron chi connectivity index (χ0n) is 12.3. The third-order valence-electron chi connectivity index (χ3n) is 3.99. The third kappa shape index (κ3) is 4.71. The highest BCUT2D eigenvalue weighted by atomic mass is 127. The van der Waals surface area contributed by atoms with Crippen LogP contribution in [0.5, 0.6) is 0 Å². The van der Waals surface area contributed by atoms with Crippen molar-refractivity contribution in [1.29, 1.82) is 0 Å². The largest absolute Gasteiger partial charge is 0.307 e. The van der Waals surface area contributed by atoms with Crippen molar-refractivity contribution in [3.63, 3.8) is 0 Å². The van der Waals surface area contributed by atoms with E-state index in [1.54, 1.807) is 10.4 Å². The van der Waals surface area contributed by atoms with E-state index in [2.05, 4.69) is 54.7 Å². The molecule has 2 atom stereocenters. The van der Waals surface area contributed by atoms with E-state index in [0.717, 1.165) is 5.92 Å². The van der Waals surface area contributed by atoms with Gasteiger partial charge >= 0.3 is 0 Å². The van der Waals surface area contributed by atoms with Crippen LogP contribution in [0.2, 0.25) is 0 Å². The van der Waals surface area contributed by atoms with Gasteiger partial charge in [-0.3, -0.25) is 0 Å². The van der Waals surface area contributed by atoms with E-state index in [9.17, 15) is 0 Å². The van der Waals surface area contributed by atoms with Crippen molar-refractivity contribution < 1.29 is 0 Å². The first-order valence-electron chi connectivity index (χ1n) is 7.60. The molecular formula is C16H26INS. The van der Waals surface area contributed by atoms with Gasteiger partial charge in [-0.2, -0.15) is 0 Å². The number of rotatable bonds is 6. The van der Waals surface area contributed by atoms with Crippen LogP contribution in [0.3, 0.4) is 0 Å². The van der Waals surface area contributed by atoms with E-state index < -0.39 is 0 Å². The Morgan fingerprint density at radius 2 is 2.16 bits per heavy atom. The van der Waals surface area contributed by atoms with Crippen molar-refractivity contribution >= 4 is 33.9 Å². The normalized spacial score (nSPS) is 20.6. The summed E-state index contributed by atoms with van der Waals surface area (Å²) in [7, 11) is 0. The van der Waals surface area contributed by atoms with Crippen LogP contribution in [0.25, 0.3) is 0 Å². The number of hydrogen-bond donors (Lipinski definition) is 1. The second-order valence-corrected chi connectivity index (χ2v) is 9.30. The predicted molar refractivity (Wildman–Crippen MR) is 94.0 cm³/mol. The summed E-state index contributed by atoms with van der Waals surface area (Å²) in [6.45, 7) is 6.99. The fourth-order valence-corrected chi connectivity index (χ4v) is 5.07. The van der Waals surface area contributed by atoms with Crippen LogP contribution in [0.15, 0.2) is 6.07 Å². The van der Waals surface area contributed by atoms with Gasteiger partial charge in [0.2, 0.25) is 0 Å². The maximum Gasteiger partial charge on any atom is 0.0659 e. The van der Waals surface area contributed by atoms with E-state index >= 15 is 0 Å². The molecule has 0 saturated carbocycles. The van der Waals surface area contributed by atoms with Crippen LogP contribution in [-0.2, 0) is 6.42 Å². The highest BCUT2D eigenvalue weighted by molar-refractivity contribution is 14.1. The smallest absolute Gasteiger partial charge is 0.0659 e. The second-order valence-electron chi connectivity index (χ2n) is 6.27. The lowest BCUT2D eigenvalue weighted by Gasteiger charge is -2.27. The molecule has 1 N–H and O–H groups in total. The Morgan fingerprint density at radius 3 is 2.89 bits per heavy atom. The molecule has 2 rings (SSSR count). The van der Waals surface area contributed by atoms with Gasteiger partial charge in [-0.1, -0.05) is 26.7 Å². The van der Waals surface area contributed by atoms with Crippen molar-refractivity contribution in [3.8, 4) is 0 Å². The number of hydrogen-bond acceptors (Lipinski definition) is 2. The Balaban J connectivity index is 1.86. The molecule has 0 fully saturated rings. The molecule has 1 heterocycles. The summed E-state index contributed by atoms with van der Waals surface area (Å²) < 4.78 is 1.45. The molecule has 1 aliphatic rings. The maximum atomic E-state index is 3.87. The van der Waals surface area contributed by atoms with Crippen molar-refractivity contribution in [3.05, 3.63) is 19.4 Å². The van der Waals surface area contributed by atoms with Crippen molar-refractivity contribution in [2.75, 3.05) is 0 Å². The molecule has 1 aromatic heterocycles. The van der Waals surface area contributed by atoms with E-state index in [1.807, 2.05) is 11.3 Å². The summed E-state index contributed by atoms with van der Waals surface area (Å²) in [4.78, 5) is 1.63. The molecule has 0 amide bonds. The fraction of sp³-hybridized carbons (Fsp3) is 0.750. The topological polar surface area (TPSA) is 12.0 Å². The average Bonchev–Trinajstić information content (AvgIpc) is 2.70. The predicted octanol–water partition coefficient (Wildman–Crippen LogP) is 5.53. The van der Waals surface area contributed by atoms with Gasteiger partial charge in [0.25, 0.3) is 0 Å². The molecule has 3 heteroatoms. The van der Waals surface area contributed by atoms with Gasteiger partial charge in [0.05, 0.1) is 2.88 Å². The Kier molecular flexibility index (Phi) is 6.15. The van der Waals surface area contributed by atoms with E-state index in [4.69, 9.17) is 0 Å². The molecule has 0 saturated heterocycles. The number of nitrogens with one attached hydrogen (secondary N) is 1. The van der Waals surface area contributed by atoms with Gasteiger partial charge in [0, 0.05) is 17.0 Å². The van der Waals surface area contributed by atoms with E-state index in [1.165, 1.54) is 41.4 Å². The fourth-order valence-electron chi connectivity index (χ4n) is 2.95. The highest BCUT2D eigenvalue weighted by Gasteiger charge is 2.23. The van der Waals surface area contributed by atoms with Crippen molar-refractivity contribution in [1.82, 2.24) is 5.32 Å². The summed E-state index contributed by atoms with van der Waals surface area (Å²) >= 11 is 4.45. The number of thiophene rings is 1. The first-order valence-corrected chi connectivity index (χ1v) is 9.50. The number of fused-ring (bicyclic) bond motifs is 1. The Hall–Kier alpha value is 0.390. The quantitative estimate of drug-likeness (QED) is 0.629. The number of halogens is 1. The molecule has 0 aliphatic heterocycles. The van der Waals surface area contributed by atoms with Gasteiger partial charge < -0.3 is 5.32 Å². The monoisotopic (exact) mass is 391 g/mol. The van der Waals surface area contributed by atoms with Crippen molar-refractivity contribution in [2.24, 2.45) is 5.92 Å². The lowest BCUT2D eigenvalue weighted by molar-refractivity contribution is 0.382. The molecule has 0 aromatic carbocycles. The molecule has 19 heavy (non-hydrogen) atoms. The van der Waals surface area contributed by atoms with Crippen LogP contribution in [-0.4, -0.2) is 6.04 Å². The van der Waals surface area contributed by atoms with E-state index in [-0.39, 0.29) is 0 Å². The Morgan fingerprint density at radius 1 is 1.37 bits per heavy atom. The minimum absolute atomic E-state index is 0.609. The van der Waals surface area contributed by atoms with E-state index in [0.29, 0.717) is 12.1 Å². The Bertz CT molecular complexity index is 399. The molecule has 0 bridgehead atoms. The average molecular weight is 391 g/mol. The summed E-state index contributed by atoms with van der Waals surface area (Å²) in [5.74, 6) is 0.840. The van der Waals surface area contributed by atoms with Crippen LogP contribution in [0.1, 0.15) is 69.4 Å². The lowest BCUT2D eigenvalue weighted by Crippen LogP contribution is -2.32. The third-order valence-corrected chi connectivity index (χ3v) is 5.96. The SMILES string of the molecule is CC(C)CCCC(C)NC1CCCc2sc(I)cc21. The van der Waals surface area contributed by atoms with Crippen LogP contribution >= 0.6 is 33.9 Å². The van der Waals surface area contributed by atoms with Crippen LogP contribution < -0.4 is 5.32 Å². The lowest BCUT2D eigenvalue weighted by atomic mass is 9.93. The highest BCUT2D eigenvalue weighted by Crippen LogP contribution is 2.36. The first-order chi connectivity index (χ1) is 9.06. The minimum atomic E-state index is 0.609. The molecule has 1 nitrogen and oxygen atoms in total. The molecule has 2 unspecified atom stereocenters. The maximum absolute atomic E-state index is 3.87. The number of aryl methyl sites for hydroxylation is 1. The summed E-state index contributed by atoms with van der Waals surface area (Å²) in [5, 5.41) is 3.87. The zero-order valence-corrected chi connectivity index (χ0v) is 15.3. The summed E-state index contributed by atoms with van der Waals surface area (Å²) in [6, 6.07) is 3.66. The van der Waals surface area contributed by atoms with Gasteiger partial charge in [-0.15, -0.1) is 11.3 Å². The summed E-state index contributed by atoms with van der Waals surface area (Å²) in [5.41, 5.74) is 1.59. The molecule has 0 radical (unpaired) electrons.